The van der Waals surface area contributed by atoms with Crippen molar-refractivity contribution in [3.05, 3.63) is 53.0 Å². The molecule has 110 valence electrons. The van der Waals surface area contributed by atoms with E-state index in [-0.39, 0.29) is 0 Å². The number of nitrogens with one attached hydrogen (secondary N) is 1. The Morgan fingerprint density at radius 2 is 1.90 bits per heavy atom. The van der Waals surface area contributed by atoms with Crippen molar-refractivity contribution in [1.82, 2.24) is 9.97 Å². The lowest BCUT2D eigenvalue weighted by molar-refractivity contribution is 0.181. The van der Waals surface area contributed by atoms with Crippen LogP contribution in [0.1, 0.15) is 35.5 Å². The predicted molar refractivity (Wildman–Crippen MR) is 83.5 cm³/mol. The van der Waals surface area contributed by atoms with Gasteiger partial charge in [0.2, 0.25) is 0 Å². The van der Waals surface area contributed by atoms with Gasteiger partial charge in [0.25, 0.3) is 0 Å². The van der Waals surface area contributed by atoms with E-state index in [9.17, 15) is 0 Å². The number of ether oxygens (including phenoxy) is 1. The largest absolute Gasteiger partial charge is 0.378 e. The molecule has 0 spiro atoms. The average Bonchev–Trinajstić information content (AvgIpc) is 2.92. The van der Waals surface area contributed by atoms with Crippen LogP contribution in [0.3, 0.4) is 0 Å². The Balaban J connectivity index is 1.88. The molecule has 21 heavy (non-hydrogen) atoms. The molecule has 0 saturated heterocycles. The molecule has 4 nitrogen and oxygen atoms in total. The van der Waals surface area contributed by atoms with E-state index in [2.05, 4.69) is 36.5 Å². The summed E-state index contributed by atoms with van der Waals surface area (Å²) in [4.78, 5) is 9.39. The van der Waals surface area contributed by atoms with Gasteiger partial charge in [0.15, 0.2) is 0 Å². The van der Waals surface area contributed by atoms with E-state index >= 15 is 0 Å². The summed E-state index contributed by atoms with van der Waals surface area (Å²) >= 11 is 0. The lowest BCUT2D eigenvalue weighted by atomic mass is 10.1. The van der Waals surface area contributed by atoms with Crippen molar-refractivity contribution in [3.8, 4) is 0 Å². The predicted octanol–water partition coefficient (Wildman–Crippen LogP) is 2.94. The molecule has 0 aliphatic heterocycles. The monoisotopic (exact) mass is 283 g/mol. The highest BCUT2D eigenvalue weighted by atomic mass is 16.5. The molecule has 3 rings (SSSR count). The van der Waals surface area contributed by atoms with Crippen LogP contribution in [0.4, 0.5) is 5.82 Å². The van der Waals surface area contributed by atoms with Crippen molar-refractivity contribution < 1.29 is 4.74 Å². The second-order valence-corrected chi connectivity index (χ2v) is 5.44. The zero-order valence-electron chi connectivity index (χ0n) is 12.6. The molecule has 1 aliphatic rings. The lowest BCUT2D eigenvalue weighted by Gasteiger charge is -2.12. The fraction of sp³-hybridized carbons (Fsp3) is 0.412. The molecule has 1 aliphatic carbocycles. The van der Waals surface area contributed by atoms with Gasteiger partial charge in [0.1, 0.15) is 11.6 Å². The van der Waals surface area contributed by atoms with Crippen LogP contribution in [0.5, 0.6) is 0 Å². The first kappa shape index (κ1) is 14.0. The van der Waals surface area contributed by atoms with Gasteiger partial charge >= 0.3 is 0 Å². The van der Waals surface area contributed by atoms with E-state index in [0.717, 1.165) is 36.7 Å². The number of nitrogens with zero attached hydrogens (tertiary/aromatic N) is 2. The van der Waals surface area contributed by atoms with Crippen molar-refractivity contribution in [2.24, 2.45) is 0 Å². The summed E-state index contributed by atoms with van der Waals surface area (Å²) < 4.78 is 5.22. The van der Waals surface area contributed by atoms with E-state index in [1.165, 1.54) is 11.1 Å². The van der Waals surface area contributed by atoms with E-state index in [1.807, 2.05) is 6.07 Å². The molecule has 1 aromatic heterocycles. The third kappa shape index (κ3) is 3.05. The highest BCUT2D eigenvalue weighted by molar-refractivity contribution is 5.39. The Bertz CT molecular complexity index is 578. The van der Waals surface area contributed by atoms with Crippen LogP contribution in [0.25, 0.3) is 0 Å². The van der Waals surface area contributed by atoms with Crippen molar-refractivity contribution in [1.29, 1.82) is 0 Å². The molecule has 0 atom stereocenters. The van der Waals surface area contributed by atoms with Crippen LogP contribution < -0.4 is 5.32 Å². The van der Waals surface area contributed by atoms with E-state index in [4.69, 9.17) is 14.7 Å². The summed E-state index contributed by atoms with van der Waals surface area (Å²) in [7, 11) is 1.69. The first-order valence-corrected chi connectivity index (χ1v) is 7.47. The van der Waals surface area contributed by atoms with Gasteiger partial charge in [0.05, 0.1) is 12.3 Å². The van der Waals surface area contributed by atoms with Crippen LogP contribution in [-0.4, -0.2) is 23.6 Å². The number of methoxy groups -OCH3 is 1. The molecular formula is C17H21N3O. The minimum atomic E-state index is 0.372. The SMILES string of the molecule is CCNc1cc(COC)nc(C2Cc3ccccc3C2)n1. The molecule has 0 bridgehead atoms. The number of rotatable bonds is 5. The minimum Gasteiger partial charge on any atom is -0.378 e. The Kier molecular flexibility index (Phi) is 4.15. The summed E-state index contributed by atoms with van der Waals surface area (Å²) in [6.45, 7) is 3.45. The number of hydrogen-bond donors (Lipinski definition) is 1. The van der Waals surface area contributed by atoms with Gasteiger partial charge in [-0.2, -0.15) is 0 Å². The van der Waals surface area contributed by atoms with Gasteiger partial charge < -0.3 is 10.1 Å². The molecule has 1 aromatic carbocycles. The van der Waals surface area contributed by atoms with Crippen molar-refractivity contribution in [2.75, 3.05) is 19.0 Å². The number of aromatic nitrogens is 2. The van der Waals surface area contributed by atoms with Gasteiger partial charge in [-0.1, -0.05) is 24.3 Å². The Labute approximate surface area is 125 Å². The molecule has 0 amide bonds. The highest BCUT2D eigenvalue weighted by Gasteiger charge is 2.25. The molecule has 0 radical (unpaired) electrons. The van der Waals surface area contributed by atoms with Gasteiger partial charge in [-0.15, -0.1) is 0 Å². The molecule has 4 heteroatoms. The van der Waals surface area contributed by atoms with Gasteiger partial charge in [0, 0.05) is 25.6 Å². The summed E-state index contributed by atoms with van der Waals surface area (Å²) in [6.07, 6.45) is 2.05. The zero-order valence-corrected chi connectivity index (χ0v) is 12.6. The Morgan fingerprint density at radius 3 is 2.52 bits per heavy atom. The topological polar surface area (TPSA) is 47.0 Å². The normalized spacial score (nSPS) is 14.2. The summed E-state index contributed by atoms with van der Waals surface area (Å²) in [5.74, 6) is 2.19. The van der Waals surface area contributed by atoms with Crippen LogP contribution >= 0.6 is 0 Å². The number of hydrogen-bond acceptors (Lipinski definition) is 4. The van der Waals surface area contributed by atoms with Crippen molar-refractivity contribution >= 4 is 5.82 Å². The maximum Gasteiger partial charge on any atom is 0.134 e. The van der Waals surface area contributed by atoms with Crippen molar-refractivity contribution in [2.45, 2.75) is 32.3 Å². The number of anilines is 1. The van der Waals surface area contributed by atoms with Crippen molar-refractivity contribution in [3.63, 3.8) is 0 Å². The van der Waals surface area contributed by atoms with Gasteiger partial charge in [-0.3, -0.25) is 0 Å². The smallest absolute Gasteiger partial charge is 0.134 e. The third-order valence-electron chi connectivity index (χ3n) is 3.86. The molecule has 0 fully saturated rings. The zero-order chi connectivity index (χ0) is 14.7. The van der Waals surface area contributed by atoms with Gasteiger partial charge in [-0.25, -0.2) is 9.97 Å². The average molecular weight is 283 g/mol. The molecule has 1 N–H and O–H groups in total. The van der Waals surface area contributed by atoms with Crippen LogP contribution in [0.2, 0.25) is 0 Å². The third-order valence-corrected chi connectivity index (χ3v) is 3.86. The van der Waals surface area contributed by atoms with E-state index in [1.54, 1.807) is 7.11 Å². The highest BCUT2D eigenvalue weighted by Crippen LogP contribution is 2.32. The first-order chi connectivity index (χ1) is 10.3. The Morgan fingerprint density at radius 1 is 1.19 bits per heavy atom. The second-order valence-electron chi connectivity index (χ2n) is 5.44. The number of fused-ring (bicyclic) bond motifs is 1. The maximum atomic E-state index is 5.22. The molecule has 0 unspecified atom stereocenters. The van der Waals surface area contributed by atoms with Crippen LogP contribution in [0.15, 0.2) is 30.3 Å². The molecule has 1 heterocycles. The first-order valence-electron chi connectivity index (χ1n) is 7.47. The summed E-state index contributed by atoms with van der Waals surface area (Å²) in [5.41, 5.74) is 3.79. The molecule has 0 saturated carbocycles. The minimum absolute atomic E-state index is 0.372. The van der Waals surface area contributed by atoms with Gasteiger partial charge in [-0.05, 0) is 30.9 Å². The molecular weight excluding hydrogens is 262 g/mol. The van der Waals surface area contributed by atoms with E-state index in [0.29, 0.717) is 12.5 Å². The lowest BCUT2D eigenvalue weighted by Crippen LogP contribution is -2.10. The van der Waals surface area contributed by atoms with E-state index < -0.39 is 0 Å². The Hall–Kier alpha value is -1.94. The van der Waals surface area contributed by atoms with Crippen LogP contribution in [-0.2, 0) is 24.2 Å². The number of benzene rings is 1. The quantitative estimate of drug-likeness (QED) is 0.916. The van der Waals surface area contributed by atoms with Crippen LogP contribution in [0, 0.1) is 0 Å². The summed E-state index contributed by atoms with van der Waals surface area (Å²) in [5, 5.41) is 3.28. The fourth-order valence-corrected chi connectivity index (χ4v) is 2.94. The second kappa shape index (κ2) is 6.22. The summed E-state index contributed by atoms with van der Waals surface area (Å²) in [6, 6.07) is 10.6. The molecule has 2 aromatic rings. The standard InChI is InChI=1S/C17H21N3O/c1-3-18-16-10-15(11-21-2)19-17(20-16)14-8-12-6-4-5-7-13(12)9-14/h4-7,10,14H,3,8-9,11H2,1-2H3,(H,18,19,20). The fourth-order valence-electron chi connectivity index (χ4n) is 2.94. The maximum absolute atomic E-state index is 5.22.